The number of ether oxygens (including phenoxy) is 1. The number of aromatic nitrogens is 3. The van der Waals surface area contributed by atoms with Crippen molar-refractivity contribution in [2.45, 2.75) is 13.5 Å². The number of esters is 1. The second-order valence-electron chi connectivity index (χ2n) is 6.36. The summed E-state index contributed by atoms with van der Waals surface area (Å²) >= 11 is 5.83. The molecule has 140 valence electrons. The van der Waals surface area contributed by atoms with E-state index in [2.05, 4.69) is 4.98 Å². The number of rotatable bonds is 4. The number of carbonyl (C=O) groups excluding carboxylic acids is 1. The molecule has 0 bridgehead atoms. The van der Waals surface area contributed by atoms with Crippen LogP contribution in [0.1, 0.15) is 21.6 Å². The predicted molar refractivity (Wildman–Crippen MR) is 102 cm³/mol. The number of halogens is 1. The summed E-state index contributed by atoms with van der Waals surface area (Å²) in [6, 6.07) is 15.9. The Balaban J connectivity index is 1.75. The Kier molecular flexibility index (Phi) is 4.71. The Morgan fingerprint density at radius 3 is 2.82 bits per heavy atom. The largest absolute Gasteiger partial charge is 0.839 e. The van der Waals surface area contributed by atoms with Gasteiger partial charge in [0, 0.05) is 17.8 Å². The minimum absolute atomic E-state index is 0.0565. The highest BCUT2D eigenvalue weighted by molar-refractivity contribution is 6.29. The van der Waals surface area contributed by atoms with Crippen molar-refractivity contribution >= 4 is 23.2 Å². The van der Waals surface area contributed by atoms with Crippen LogP contribution < -0.4 is 14.4 Å². The van der Waals surface area contributed by atoms with Gasteiger partial charge in [0.05, 0.1) is 6.20 Å². The molecule has 3 heterocycles. The highest BCUT2D eigenvalue weighted by Crippen LogP contribution is 2.20. The number of imidazole rings is 1. The zero-order valence-electron chi connectivity index (χ0n) is 15.0. The molecule has 0 fully saturated rings. The van der Waals surface area contributed by atoms with Crippen LogP contribution in [0.2, 0.25) is 5.15 Å². The Bertz CT molecular complexity index is 1170. The molecule has 0 atom stereocenters. The first-order valence-electron chi connectivity index (χ1n) is 8.62. The Morgan fingerprint density at radius 1 is 1.21 bits per heavy atom. The van der Waals surface area contributed by atoms with Crippen LogP contribution in [-0.2, 0) is 6.54 Å². The molecule has 0 aliphatic rings. The molecule has 6 nitrogen and oxygen atoms in total. The van der Waals surface area contributed by atoms with Crippen LogP contribution >= 0.6 is 11.6 Å². The van der Waals surface area contributed by atoms with Crippen molar-refractivity contribution in [2.75, 3.05) is 0 Å². The average Bonchev–Trinajstić information content (AvgIpc) is 2.95. The average molecular weight is 394 g/mol. The molecule has 0 N–H and O–H groups in total. The van der Waals surface area contributed by atoms with Crippen LogP contribution in [0.3, 0.4) is 0 Å². The molecule has 0 spiro atoms. The van der Waals surface area contributed by atoms with E-state index in [-0.39, 0.29) is 12.2 Å². The molecular weight excluding hydrogens is 378 g/mol. The Hall–Kier alpha value is -3.38. The van der Waals surface area contributed by atoms with Crippen LogP contribution in [-0.4, -0.2) is 15.4 Å². The lowest BCUT2D eigenvalue weighted by molar-refractivity contribution is -0.704. The molecule has 4 aromatic rings. The highest BCUT2D eigenvalue weighted by atomic mass is 35.5. The van der Waals surface area contributed by atoms with Crippen molar-refractivity contribution in [1.82, 2.24) is 9.38 Å². The van der Waals surface area contributed by atoms with Crippen LogP contribution in [0, 0.1) is 6.92 Å². The molecule has 0 aliphatic carbocycles. The zero-order valence-corrected chi connectivity index (χ0v) is 15.8. The van der Waals surface area contributed by atoms with Gasteiger partial charge in [0.2, 0.25) is 0 Å². The van der Waals surface area contributed by atoms with E-state index in [1.54, 1.807) is 65.3 Å². The summed E-state index contributed by atoms with van der Waals surface area (Å²) < 4.78 is 8.50. The van der Waals surface area contributed by atoms with E-state index < -0.39 is 11.8 Å². The fourth-order valence-electron chi connectivity index (χ4n) is 3.03. The number of aryl methyl sites for hydroxylation is 1. The van der Waals surface area contributed by atoms with E-state index in [4.69, 9.17) is 16.3 Å². The fourth-order valence-corrected chi connectivity index (χ4v) is 3.15. The van der Waals surface area contributed by atoms with E-state index in [9.17, 15) is 9.90 Å². The molecular formula is C21H16ClN3O3. The highest BCUT2D eigenvalue weighted by Gasteiger charge is 2.27. The second kappa shape index (κ2) is 7.32. The molecule has 3 aromatic heterocycles. The van der Waals surface area contributed by atoms with E-state index in [1.165, 1.54) is 4.57 Å². The molecule has 28 heavy (non-hydrogen) atoms. The molecule has 1 aromatic carbocycles. The number of hydrogen-bond acceptors (Lipinski definition) is 4. The van der Waals surface area contributed by atoms with Crippen molar-refractivity contribution in [3.63, 3.8) is 0 Å². The minimum Gasteiger partial charge on any atom is -0.839 e. The van der Waals surface area contributed by atoms with Gasteiger partial charge < -0.3 is 9.84 Å². The Morgan fingerprint density at radius 2 is 2.07 bits per heavy atom. The van der Waals surface area contributed by atoms with Crippen LogP contribution in [0.15, 0.2) is 67.0 Å². The molecule has 4 rings (SSSR count). The van der Waals surface area contributed by atoms with Crippen molar-refractivity contribution in [3.8, 4) is 11.6 Å². The third-order valence-corrected chi connectivity index (χ3v) is 4.55. The summed E-state index contributed by atoms with van der Waals surface area (Å²) in [7, 11) is 0. The maximum Gasteiger partial charge on any atom is 0.387 e. The van der Waals surface area contributed by atoms with Gasteiger partial charge in [-0.15, -0.1) is 0 Å². The maximum atomic E-state index is 13.1. The van der Waals surface area contributed by atoms with Crippen LogP contribution in [0.5, 0.6) is 11.6 Å². The SMILES string of the molecule is Cc1cccc(OC(=O)c2c([O-])[n+](Cc3ccc(Cl)nc3)c3ccccn23)c1. The van der Waals surface area contributed by atoms with Crippen molar-refractivity contribution in [2.24, 2.45) is 0 Å². The molecule has 0 unspecified atom stereocenters. The lowest BCUT2D eigenvalue weighted by Gasteiger charge is -2.07. The van der Waals surface area contributed by atoms with Gasteiger partial charge in [-0.1, -0.05) is 35.9 Å². The normalized spacial score (nSPS) is 10.9. The molecule has 0 saturated heterocycles. The van der Waals surface area contributed by atoms with Crippen LogP contribution in [0.25, 0.3) is 5.65 Å². The third kappa shape index (κ3) is 3.42. The van der Waals surface area contributed by atoms with E-state index in [0.717, 1.165) is 11.1 Å². The van der Waals surface area contributed by atoms with Gasteiger partial charge in [0.1, 0.15) is 23.3 Å². The number of carbonyl (C=O) groups is 1. The number of benzene rings is 1. The van der Waals surface area contributed by atoms with Gasteiger partial charge in [-0.3, -0.25) is 0 Å². The predicted octanol–water partition coefficient (Wildman–Crippen LogP) is 2.92. The monoisotopic (exact) mass is 393 g/mol. The summed E-state index contributed by atoms with van der Waals surface area (Å²) in [5.74, 6) is -0.743. The molecule has 0 saturated carbocycles. The fraction of sp³-hybridized carbons (Fsp3) is 0.0952. The van der Waals surface area contributed by atoms with Gasteiger partial charge in [0.25, 0.3) is 11.3 Å². The minimum atomic E-state index is -0.704. The quantitative estimate of drug-likeness (QED) is 0.231. The first-order chi connectivity index (χ1) is 13.5. The smallest absolute Gasteiger partial charge is 0.387 e. The van der Waals surface area contributed by atoms with Gasteiger partial charge in [-0.05, 0) is 36.8 Å². The van der Waals surface area contributed by atoms with Crippen molar-refractivity contribution in [3.05, 3.63) is 89.0 Å². The summed E-state index contributed by atoms with van der Waals surface area (Å²) in [5.41, 5.74) is 2.28. The van der Waals surface area contributed by atoms with E-state index in [0.29, 0.717) is 16.5 Å². The Labute approximate surface area is 166 Å². The summed E-state index contributed by atoms with van der Waals surface area (Å²) in [6.45, 7) is 2.16. The second-order valence-corrected chi connectivity index (χ2v) is 6.75. The molecule has 0 aliphatic heterocycles. The number of pyridine rings is 2. The third-order valence-electron chi connectivity index (χ3n) is 4.33. The summed E-state index contributed by atoms with van der Waals surface area (Å²) in [6.07, 6.45) is 3.27. The lowest BCUT2D eigenvalue weighted by Crippen LogP contribution is -2.37. The number of hydrogen-bond donors (Lipinski definition) is 0. The van der Waals surface area contributed by atoms with Gasteiger partial charge in [-0.25, -0.2) is 14.3 Å². The van der Waals surface area contributed by atoms with E-state index >= 15 is 0 Å². The van der Waals surface area contributed by atoms with Gasteiger partial charge >= 0.3 is 5.97 Å². The lowest BCUT2D eigenvalue weighted by atomic mass is 10.2. The first-order valence-corrected chi connectivity index (χ1v) is 9.00. The summed E-state index contributed by atoms with van der Waals surface area (Å²) in [4.78, 5) is 16.8. The van der Waals surface area contributed by atoms with Crippen molar-refractivity contribution in [1.29, 1.82) is 0 Å². The molecule has 7 heteroatoms. The first kappa shape index (κ1) is 18.0. The van der Waals surface area contributed by atoms with Crippen molar-refractivity contribution < 1.29 is 19.2 Å². The topological polar surface area (TPSA) is 70.5 Å². The zero-order chi connectivity index (χ0) is 19.7. The molecule has 0 amide bonds. The molecule has 0 radical (unpaired) electrons. The standard InChI is InChI=1S/C21H16ClN3O3/c1-14-5-4-6-16(11-14)28-21(27)19-20(26)25(18-7-2-3-10-24(18)19)13-15-8-9-17(22)23-12-15/h2-12H,13H2,1H3. The summed E-state index contributed by atoms with van der Waals surface area (Å²) in [5, 5.41) is 13.4. The van der Waals surface area contributed by atoms with Gasteiger partial charge in [0.15, 0.2) is 0 Å². The maximum absolute atomic E-state index is 13.1. The van der Waals surface area contributed by atoms with E-state index in [1.807, 2.05) is 13.0 Å². The number of nitrogens with zero attached hydrogens (tertiary/aromatic N) is 3. The number of fused-ring (bicyclic) bond motifs is 1. The van der Waals surface area contributed by atoms with Crippen LogP contribution in [0.4, 0.5) is 0 Å². The van der Waals surface area contributed by atoms with Gasteiger partial charge in [-0.2, -0.15) is 4.40 Å².